The number of rotatable bonds is 6. The molecule has 0 saturated heterocycles. The molecule has 7 nitrogen and oxygen atoms in total. The summed E-state index contributed by atoms with van der Waals surface area (Å²) in [6, 6.07) is 0.210. The van der Waals surface area contributed by atoms with Crippen LogP contribution in [0.4, 0.5) is 11.9 Å². The molecule has 0 aromatic carbocycles. The average Bonchev–Trinajstić information content (AvgIpc) is 2.25. The first-order valence-corrected chi connectivity index (χ1v) is 5.21. The predicted molar refractivity (Wildman–Crippen MR) is 60.4 cm³/mol. The molecule has 0 aliphatic heterocycles. The molecule has 16 heavy (non-hydrogen) atoms. The van der Waals surface area contributed by atoms with Crippen LogP contribution in [0.15, 0.2) is 0 Å². The highest BCUT2D eigenvalue weighted by Crippen LogP contribution is 2.12. The van der Waals surface area contributed by atoms with Crippen LogP contribution in [0.2, 0.25) is 0 Å². The van der Waals surface area contributed by atoms with E-state index in [4.69, 9.17) is 15.6 Å². The van der Waals surface area contributed by atoms with Gasteiger partial charge in [0.05, 0.1) is 13.2 Å². The second kappa shape index (κ2) is 6.06. The lowest BCUT2D eigenvalue weighted by molar-refractivity contribution is 0.299. The highest BCUT2D eigenvalue weighted by atomic mass is 16.5. The maximum Gasteiger partial charge on any atom is 0.323 e. The van der Waals surface area contributed by atoms with Crippen molar-refractivity contribution in [3.63, 3.8) is 0 Å². The Bertz CT molecular complexity index is 334. The minimum atomic E-state index is 0.0311. The minimum absolute atomic E-state index is 0.0311. The van der Waals surface area contributed by atoms with Crippen molar-refractivity contribution in [3.8, 4) is 6.01 Å². The Hall–Kier alpha value is -1.63. The molecule has 0 amide bonds. The molecule has 0 saturated carbocycles. The second-order valence-electron chi connectivity index (χ2n) is 3.01. The van der Waals surface area contributed by atoms with Crippen molar-refractivity contribution in [2.75, 3.05) is 36.9 Å². The van der Waals surface area contributed by atoms with Crippen LogP contribution < -0.4 is 15.4 Å². The van der Waals surface area contributed by atoms with Crippen molar-refractivity contribution >= 4 is 11.9 Å². The normalized spacial score (nSPS) is 10.2. The first-order chi connectivity index (χ1) is 7.71. The molecular weight excluding hydrogens is 210 g/mol. The zero-order chi connectivity index (χ0) is 12.0. The highest BCUT2D eigenvalue weighted by molar-refractivity contribution is 5.35. The van der Waals surface area contributed by atoms with E-state index >= 15 is 0 Å². The molecule has 7 heteroatoms. The molecule has 0 spiro atoms. The molecule has 90 valence electrons. The number of aromatic nitrogens is 3. The summed E-state index contributed by atoms with van der Waals surface area (Å²) in [5.41, 5.74) is 5.55. The molecule has 1 aromatic heterocycles. The monoisotopic (exact) mass is 227 g/mol. The van der Waals surface area contributed by atoms with Crippen molar-refractivity contribution in [1.82, 2.24) is 15.0 Å². The molecule has 0 aliphatic carbocycles. The fourth-order valence-corrected chi connectivity index (χ4v) is 1.22. The van der Waals surface area contributed by atoms with Crippen LogP contribution >= 0.6 is 0 Å². The number of likely N-dealkylation sites (N-methyl/N-ethyl adjacent to an activating group) is 1. The number of anilines is 2. The lowest BCUT2D eigenvalue weighted by Crippen LogP contribution is -2.28. The summed E-state index contributed by atoms with van der Waals surface area (Å²) in [5.74, 6) is 0.539. The lowest BCUT2D eigenvalue weighted by Gasteiger charge is -2.19. The zero-order valence-electron chi connectivity index (χ0n) is 9.55. The van der Waals surface area contributed by atoms with Crippen LogP contribution in [0.5, 0.6) is 6.01 Å². The summed E-state index contributed by atoms with van der Waals surface area (Å²) < 4.78 is 5.17. The fraction of sp³-hybridized carbons (Fsp3) is 0.667. The van der Waals surface area contributed by atoms with E-state index in [9.17, 15) is 0 Å². The number of hydrogen-bond donors (Lipinski definition) is 2. The van der Waals surface area contributed by atoms with Crippen molar-refractivity contribution in [2.45, 2.75) is 13.8 Å². The Balaban J connectivity index is 2.92. The number of nitrogen functional groups attached to an aromatic ring is 1. The molecule has 3 N–H and O–H groups in total. The second-order valence-corrected chi connectivity index (χ2v) is 3.01. The van der Waals surface area contributed by atoms with Crippen LogP contribution in [0, 0.1) is 0 Å². The van der Waals surface area contributed by atoms with Gasteiger partial charge in [0.2, 0.25) is 11.9 Å². The van der Waals surface area contributed by atoms with Gasteiger partial charge < -0.3 is 20.5 Å². The molecule has 0 unspecified atom stereocenters. The maximum absolute atomic E-state index is 8.90. The zero-order valence-corrected chi connectivity index (χ0v) is 9.55. The molecular formula is C9H17N5O2. The topological polar surface area (TPSA) is 97.4 Å². The largest absolute Gasteiger partial charge is 0.464 e. The summed E-state index contributed by atoms with van der Waals surface area (Å²) in [6.07, 6.45) is 0. The number of aliphatic hydroxyl groups is 1. The van der Waals surface area contributed by atoms with Crippen molar-refractivity contribution in [2.24, 2.45) is 0 Å². The van der Waals surface area contributed by atoms with Crippen LogP contribution in [-0.2, 0) is 0 Å². The quantitative estimate of drug-likeness (QED) is 0.686. The van der Waals surface area contributed by atoms with Gasteiger partial charge in [-0.15, -0.1) is 0 Å². The third kappa shape index (κ3) is 3.20. The molecule has 0 aliphatic rings. The van der Waals surface area contributed by atoms with Crippen LogP contribution in [0.1, 0.15) is 13.8 Å². The van der Waals surface area contributed by atoms with E-state index in [-0.39, 0.29) is 18.6 Å². The molecule has 0 bridgehead atoms. The van der Waals surface area contributed by atoms with Crippen molar-refractivity contribution in [3.05, 3.63) is 0 Å². The summed E-state index contributed by atoms with van der Waals surface area (Å²) in [4.78, 5) is 13.7. The SMILES string of the molecule is CCOc1nc(N)nc(N(CC)CCO)n1. The van der Waals surface area contributed by atoms with Gasteiger partial charge in [0, 0.05) is 13.1 Å². The first-order valence-electron chi connectivity index (χ1n) is 5.21. The number of ether oxygens (including phenoxy) is 1. The van der Waals surface area contributed by atoms with E-state index < -0.39 is 0 Å². The minimum Gasteiger partial charge on any atom is -0.464 e. The lowest BCUT2D eigenvalue weighted by atomic mass is 10.5. The van der Waals surface area contributed by atoms with E-state index in [1.807, 2.05) is 13.8 Å². The first kappa shape index (κ1) is 12.4. The fourth-order valence-electron chi connectivity index (χ4n) is 1.22. The number of aliphatic hydroxyl groups excluding tert-OH is 1. The Morgan fingerprint density at radius 2 is 2.06 bits per heavy atom. The Morgan fingerprint density at radius 3 is 2.62 bits per heavy atom. The van der Waals surface area contributed by atoms with Gasteiger partial charge in [0.1, 0.15) is 0 Å². The predicted octanol–water partition coefficient (Wildman–Crippen LogP) is -0.329. The molecule has 1 aromatic rings. The summed E-state index contributed by atoms with van der Waals surface area (Å²) in [6.45, 7) is 5.40. The number of nitrogens with zero attached hydrogens (tertiary/aromatic N) is 4. The Morgan fingerprint density at radius 1 is 1.31 bits per heavy atom. The molecule has 1 heterocycles. The third-order valence-electron chi connectivity index (χ3n) is 1.93. The van der Waals surface area contributed by atoms with Crippen molar-refractivity contribution < 1.29 is 9.84 Å². The van der Waals surface area contributed by atoms with Gasteiger partial charge in [-0.25, -0.2) is 0 Å². The van der Waals surface area contributed by atoms with Gasteiger partial charge >= 0.3 is 6.01 Å². The summed E-state index contributed by atoms with van der Waals surface area (Å²) >= 11 is 0. The highest BCUT2D eigenvalue weighted by Gasteiger charge is 2.10. The van der Waals surface area contributed by atoms with Gasteiger partial charge in [-0.05, 0) is 13.8 Å². The molecule has 0 radical (unpaired) electrons. The van der Waals surface area contributed by atoms with Crippen LogP contribution in [0.25, 0.3) is 0 Å². The number of nitrogens with two attached hydrogens (primary N) is 1. The molecule has 1 rings (SSSR count). The van der Waals surface area contributed by atoms with E-state index in [1.165, 1.54) is 0 Å². The van der Waals surface area contributed by atoms with Gasteiger partial charge in [0.25, 0.3) is 0 Å². The Labute approximate surface area is 94.3 Å². The smallest absolute Gasteiger partial charge is 0.323 e. The van der Waals surface area contributed by atoms with Gasteiger partial charge in [-0.3, -0.25) is 0 Å². The van der Waals surface area contributed by atoms with E-state index in [0.29, 0.717) is 25.6 Å². The van der Waals surface area contributed by atoms with Crippen molar-refractivity contribution in [1.29, 1.82) is 0 Å². The standard InChI is InChI=1S/C9H17N5O2/c1-3-14(5-6-15)8-11-7(10)12-9(13-8)16-4-2/h15H,3-6H2,1-2H3,(H2,10,11,12,13). The van der Waals surface area contributed by atoms with Crippen LogP contribution in [-0.4, -0.2) is 46.4 Å². The summed E-state index contributed by atoms with van der Waals surface area (Å²) in [5, 5.41) is 8.90. The molecule has 0 atom stereocenters. The van der Waals surface area contributed by atoms with Crippen LogP contribution in [0.3, 0.4) is 0 Å². The number of hydrogen-bond acceptors (Lipinski definition) is 7. The Kier molecular flexibility index (Phi) is 4.71. The average molecular weight is 227 g/mol. The van der Waals surface area contributed by atoms with E-state index in [0.717, 1.165) is 0 Å². The van der Waals surface area contributed by atoms with Gasteiger partial charge in [0.15, 0.2) is 0 Å². The summed E-state index contributed by atoms with van der Waals surface area (Å²) in [7, 11) is 0. The van der Waals surface area contributed by atoms with E-state index in [1.54, 1.807) is 4.90 Å². The van der Waals surface area contributed by atoms with Gasteiger partial charge in [-0.2, -0.15) is 15.0 Å². The third-order valence-corrected chi connectivity index (χ3v) is 1.93. The van der Waals surface area contributed by atoms with Gasteiger partial charge in [-0.1, -0.05) is 0 Å². The molecule has 0 fully saturated rings. The van der Waals surface area contributed by atoms with E-state index in [2.05, 4.69) is 15.0 Å². The maximum atomic E-state index is 8.90.